The molecule has 0 aromatic heterocycles. The molecule has 0 heterocycles. The third kappa shape index (κ3) is 9.32. The first-order chi connectivity index (χ1) is 5.81. The van der Waals surface area contributed by atoms with Gasteiger partial charge in [-0.3, -0.25) is 4.79 Å². The summed E-state index contributed by atoms with van der Waals surface area (Å²) in [6.07, 6.45) is 5.87. The lowest BCUT2D eigenvalue weighted by Crippen LogP contribution is -2.10. The summed E-state index contributed by atoms with van der Waals surface area (Å²) in [5.41, 5.74) is 0.392. The molecule has 0 saturated carbocycles. The molecule has 0 aliphatic carbocycles. The fraction of sp³-hybridized carbons (Fsp3) is 0.750. The molecule has 0 radical (unpaired) electrons. The van der Waals surface area contributed by atoms with Crippen molar-refractivity contribution in [3.63, 3.8) is 0 Å². The van der Waals surface area contributed by atoms with Gasteiger partial charge in [0.25, 0.3) is 0 Å². The Morgan fingerprint density at radius 2 is 1.92 bits per heavy atom. The molecule has 0 spiro atoms. The van der Waals surface area contributed by atoms with E-state index in [1.54, 1.807) is 13.0 Å². The van der Waals surface area contributed by atoms with Crippen LogP contribution in [0, 0.1) is 11.3 Å². The molecular weight excluding hydrogens is 160 g/mol. The molecule has 0 aliphatic rings. The van der Waals surface area contributed by atoms with Crippen LogP contribution in [0.15, 0.2) is 12.2 Å². The van der Waals surface area contributed by atoms with E-state index in [0.717, 1.165) is 6.42 Å². The average molecular weight is 182 g/mol. The summed E-state index contributed by atoms with van der Waals surface area (Å²) in [4.78, 5) is 10.6. The van der Waals surface area contributed by atoms with E-state index in [2.05, 4.69) is 27.7 Å². The molecule has 0 aromatic rings. The van der Waals surface area contributed by atoms with E-state index in [9.17, 15) is 4.79 Å². The average Bonchev–Trinajstić information content (AvgIpc) is 1.81. The highest BCUT2D eigenvalue weighted by Crippen LogP contribution is 2.25. The second-order valence-corrected chi connectivity index (χ2v) is 5.12. The lowest BCUT2D eigenvalue weighted by Gasteiger charge is -2.22. The lowest BCUT2D eigenvalue weighted by atomic mass is 9.84. The lowest BCUT2D eigenvalue weighted by molar-refractivity contribution is -0.112. The maximum atomic E-state index is 10.6. The molecule has 1 heteroatoms. The Labute approximate surface area is 82.2 Å². The number of rotatable bonds is 4. The second-order valence-electron chi connectivity index (χ2n) is 5.12. The van der Waals surface area contributed by atoms with Crippen molar-refractivity contribution in [1.82, 2.24) is 0 Å². The van der Waals surface area contributed by atoms with Crippen molar-refractivity contribution in [2.45, 2.75) is 47.5 Å². The van der Waals surface area contributed by atoms with E-state index in [1.807, 2.05) is 6.08 Å². The van der Waals surface area contributed by atoms with Gasteiger partial charge >= 0.3 is 0 Å². The molecule has 0 fully saturated rings. The van der Waals surface area contributed by atoms with Crippen LogP contribution in [0.3, 0.4) is 0 Å². The predicted octanol–water partition coefficient (Wildman–Crippen LogP) is 3.59. The summed E-state index contributed by atoms with van der Waals surface area (Å²) in [5, 5.41) is 0. The molecule has 0 bridgehead atoms. The molecule has 0 N–H and O–H groups in total. The SMILES string of the molecule is CC(=O)/C=C/CC(C)CC(C)(C)C. The maximum Gasteiger partial charge on any atom is 0.152 e. The fourth-order valence-electron chi connectivity index (χ4n) is 1.60. The zero-order valence-electron chi connectivity index (χ0n) is 9.55. The monoisotopic (exact) mass is 182 g/mol. The van der Waals surface area contributed by atoms with Crippen LogP contribution in [0.2, 0.25) is 0 Å². The number of hydrogen-bond donors (Lipinski definition) is 0. The van der Waals surface area contributed by atoms with E-state index in [1.165, 1.54) is 6.42 Å². The Balaban J connectivity index is 3.76. The smallest absolute Gasteiger partial charge is 0.152 e. The van der Waals surface area contributed by atoms with Gasteiger partial charge in [0.1, 0.15) is 0 Å². The van der Waals surface area contributed by atoms with E-state index in [0.29, 0.717) is 11.3 Å². The zero-order chi connectivity index (χ0) is 10.5. The Bertz CT molecular complexity index is 184. The van der Waals surface area contributed by atoms with Crippen LogP contribution in [0.5, 0.6) is 0 Å². The van der Waals surface area contributed by atoms with Crippen LogP contribution in [-0.4, -0.2) is 5.78 Å². The Morgan fingerprint density at radius 3 is 2.31 bits per heavy atom. The first kappa shape index (κ1) is 12.4. The highest BCUT2D eigenvalue weighted by Gasteiger charge is 2.13. The van der Waals surface area contributed by atoms with Crippen molar-refractivity contribution in [3.05, 3.63) is 12.2 Å². The standard InChI is InChI=1S/C12H22O/c1-10(9-12(3,4)5)7-6-8-11(2)13/h6,8,10H,7,9H2,1-5H3/b8-6+. The minimum Gasteiger partial charge on any atom is -0.295 e. The van der Waals surface area contributed by atoms with Gasteiger partial charge in [0.15, 0.2) is 5.78 Å². The Kier molecular flexibility index (Phi) is 4.97. The van der Waals surface area contributed by atoms with Crippen molar-refractivity contribution in [1.29, 1.82) is 0 Å². The molecule has 13 heavy (non-hydrogen) atoms. The Hall–Kier alpha value is -0.590. The number of allylic oxidation sites excluding steroid dienone is 2. The molecule has 1 atom stereocenters. The molecule has 0 amide bonds. The highest BCUT2D eigenvalue weighted by atomic mass is 16.1. The fourth-order valence-corrected chi connectivity index (χ4v) is 1.60. The minimum atomic E-state index is 0.142. The molecular formula is C12H22O. The zero-order valence-corrected chi connectivity index (χ0v) is 9.55. The van der Waals surface area contributed by atoms with Gasteiger partial charge in [-0.1, -0.05) is 33.8 Å². The molecule has 76 valence electrons. The van der Waals surface area contributed by atoms with Gasteiger partial charge in [-0.25, -0.2) is 0 Å². The molecule has 0 aliphatic heterocycles. The van der Waals surface area contributed by atoms with Gasteiger partial charge in [0.05, 0.1) is 0 Å². The normalized spacial score (nSPS) is 14.8. The summed E-state index contributed by atoms with van der Waals surface area (Å²) in [6.45, 7) is 10.6. The van der Waals surface area contributed by atoms with Gasteiger partial charge < -0.3 is 0 Å². The summed E-state index contributed by atoms with van der Waals surface area (Å²) in [6, 6.07) is 0. The summed E-state index contributed by atoms with van der Waals surface area (Å²) in [5.74, 6) is 0.804. The first-order valence-corrected chi connectivity index (χ1v) is 4.98. The van der Waals surface area contributed by atoms with E-state index in [4.69, 9.17) is 0 Å². The van der Waals surface area contributed by atoms with Crippen LogP contribution in [0.25, 0.3) is 0 Å². The van der Waals surface area contributed by atoms with Gasteiger partial charge in [-0.15, -0.1) is 0 Å². The van der Waals surface area contributed by atoms with Gasteiger partial charge in [-0.2, -0.15) is 0 Å². The molecule has 0 rings (SSSR count). The molecule has 1 unspecified atom stereocenters. The largest absolute Gasteiger partial charge is 0.295 e. The minimum absolute atomic E-state index is 0.142. The van der Waals surface area contributed by atoms with Gasteiger partial charge in [0, 0.05) is 0 Å². The van der Waals surface area contributed by atoms with Crippen LogP contribution in [-0.2, 0) is 4.79 Å². The predicted molar refractivity (Wildman–Crippen MR) is 57.7 cm³/mol. The quantitative estimate of drug-likeness (QED) is 0.607. The van der Waals surface area contributed by atoms with Crippen LogP contribution < -0.4 is 0 Å². The van der Waals surface area contributed by atoms with Crippen LogP contribution in [0.1, 0.15) is 47.5 Å². The second kappa shape index (κ2) is 5.21. The molecule has 1 nitrogen and oxygen atoms in total. The number of ketones is 1. The van der Waals surface area contributed by atoms with Crippen LogP contribution >= 0.6 is 0 Å². The molecule has 0 aromatic carbocycles. The number of carbonyl (C=O) groups excluding carboxylic acids is 1. The third-order valence-corrected chi connectivity index (χ3v) is 1.85. The highest BCUT2D eigenvalue weighted by molar-refractivity contribution is 5.87. The van der Waals surface area contributed by atoms with Gasteiger partial charge in [-0.05, 0) is 37.2 Å². The van der Waals surface area contributed by atoms with Gasteiger partial charge in [0.2, 0.25) is 0 Å². The topological polar surface area (TPSA) is 17.1 Å². The third-order valence-electron chi connectivity index (χ3n) is 1.85. The first-order valence-electron chi connectivity index (χ1n) is 4.98. The maximum absolute atomic E-state index is 10.6. The van der Waals surface area contributed by atoms with Crippen molar-refractivity contribution in [2.24, 2.45) is 11.3 Å². The summed E-state index contributed by atoms with van der Waals surface area (Å²) < 4.78 is 0. The van der Waals surface area contributed by atoms with Crippen molar-refractivity contribution in [3.8, 4) is 0 Å². The van der Waals surface area contributed by atoms with E-state index in [-0.39, 0.29) is 5.78 Å². The summed E-state index contributed by atoms with van der Waals surface area (Å²) in [7, 11) is 0. The number of hydrogen-bond acceptors (Lipinski definition) is 1. The van der Waals surface area contributed by atoms with Crippen LogP contribution in [0.4, 0.5) is 0 Å². The van der Waals surface area contributed by atoms with E-state index >= 15 is 0 Å². The van der Waals surface area contributed by atoms with Crippen molar-refractivity contribution in [2.75, 3.05) is 0 Å². The summed E-state index contributed by atoms with van der Waals surface area (Å²) >= 11 is 0. The Morgan fingerprint density at radius 1 is 1.38 bits per heavy atom. The molecule has 0 saturated heterocycles. The number of carbonyl (C=O) groups is 1. The van der Waals surface area contributed by atoms with Crippen molar-refractivity contribution < 1.29 is 4.79 Å². The van der Waals surface area contributed by atoms with E-state index < -0.39 is 0 Å². The van der Waals surface area contributed by atoms with Crippen molar-refractivity contribution >= 4 is 5.78 Å².